The Kier molecular flexibility index (Phi) is 12.9. The third kappa shape index (κ3) is 8.87. The van der Waals surface area contributed by atoms with Gasteiger partial charge in [0.1, 0.15) is 51.8 Å². The number of benzene rings is 5. The number of rotatable bonds is 13. The van der Waals surface area contributed by atoms with Crippen LogP contribution in [-0.2, 0) is 22.0 Å². The van der Waals surface area contributed by atoms with Crippen LogP contribution in [0.3, 0.4) is 0 Å². The molecule has 58 heavy (non-hydrogen) atoms. The summed E-state index contributed by atoms with van der Waals surface area (Å²) in [6.07, 6.45) is 0.311. The zero-order chi connectivity index (χ0) is 41.4. The predicted octanol–water partition coefficient (Wildman–Crippen LogP) is 7.57. The Hall–Kier alpha value is -6.52. The van der Waals surface area contributed by atoms with E-state index in [1.165, 1.54) is 49.7 Å². The summed E-state index contributed by atoms with van der Waals surface area (Å²) in [6, 6.07) is 29.8. The van der Waals surface area contributed by atoms with Gasteiger partial charge in [-0.05, 0) is 72.6 Å². The molecular weight excluding hydrogens is 792 g/mol. The molecule has 2 aromatic heterocycles. The fourth-order valence-electron chi connectivity index (χ4n) is 6.09. The lowest BCUT2D eigenvalue weighted by Gasteiger charge is -2.17. The number of para-hydroxylation sites is 2. The highest BCUT2D eigenvalue weighted by Gasteiger charge is 2.27. The molecule has 0 saturated carbocycles. The second-order valence-electron chi connectivity index (χ2n) is 12.4. The van der Waals surface area contributed by atoms with Crippen molar-refractivity contribution in [3.8, 4) is 57.1 Å². The second kappa shape index (κ2) is 18.2. The van der Waals surface area contributed by atoms with Crippen molar-refractivity contribution in [1.29, 1.82) is 0 Å². The van der Waals surface area contributed by atoms with Crippen molar-refractivity contribution in [3.05, 3.63) is 137 Å². The van der Waals surface area contributed by atoms with E-state index in [4.69, 9.17) is 36.3 Å². The molecule has 0 amide bonds. The van der Waals surface area contributed by atoms with Gasteiger partial charge in [-0.15, -0.1) is 20.4 Å². The lowest BCUT2D eigenvalue weighted by molar-refractivity contribution is 0.390. The van der Waals surface area contributed by atoms with Crippen LogP contribution in [0.25, 0.3) is 34.2 Å². The summed E-state index contributed by atoms with van der Waals surface area (Å²) in [4.78, 5) is 0. The van der Waals surface area contributed by atoms with Gasteiger partial charge in [0.05, 0.1) is 45.3 Å². The van der Waals surface area contributed by atoms with Crippen LogP contribution >= 0.6 is 11.6 Å². The van der Waals surface area contributed by atoms with Crippen LogP contribution < -0.4 is 24.7 Å². The average molecular weight is 830 g/mol. The molecule has 2 N–H and O–H groups in total. The van der Waals surface area contributed by atoms with Gasteiger partial charge in [0.15, 0.2) is 27.3 Å². The summed E-state index contributed by atoms with van der Waals surface area (Å²) < 4.78 is 79.9. The minimum absolute atomic E-state index is 0.103. The molecule has 0 saturated heterocycles. The smallest absolute Gasteiger partial charge is 0.227 e. The van der Waals surface area contributed by atoms with Gasteiger partial charge >= 0.3 is 0 Å². The normalized spacial score (nSPS) is 11.1. The summed E-state index contributed by atoms with van der Waals surface area (Å²) in [5.74, 6) is 0.945. The molecule has 0 aliphatic carbocycles. The van der Waals surface area contributed by atoms with E-state index in [9.17, 15) is 17.2 Å². The first kappa shape index (κ1) is 41.1. The molecule has 0 aliphatic heterocycles. The van der Waals surface area contributed by atoms with Crippen molar-refractivity contribution in [3.63, 3.8) is 0 Å². The Balaban J connectivity index is 0.000000213. The Morgan fingerprint density at radius 1 is 0.603 bits per heavy atom. The van der Waals surface area contributed by atoms with Gasteiger partial charge in [-0.1, -0.05) is 60.1 Å². The number of nitrogen functional groups attached to an aromatic ring is 1. The summed E-state index contributed by atoms with van der Waals surface area (Å²) in [7, 11) is 2.40. The first-order valence-corrected chi connectivity index (χ1v) is 19.7. The van der Waals surface area contributed by atoms with Gasteiger partial charge < -0.3 is 24.7 Å². The zero-order valence-electron chi connectivity index (χ0n) is 31.8. The standard InChI is InChI=1S/C25H23ClFN3O4S.C16H15FN4O2/c1-33-21-8-5-9-22(34-2)24(21)30-23(28-29-25(30)19-6-3-4-7-20(19)27)16-35(31,32)15-14-17-10-12-18(26)13-11-17;1-22-12-8-5-9-13(23-2)14(12)21-15(19-20-16(21)18)10-6-3-4-7-11(10)17/h3-13H,14-16H2,1-2H3;3-9H,1-2H3,(H2,18,20). The van der Waals surface area contributed by atoms with Crippen molar-refractivity contribution in [2.45, 2.75) is 12.2 Å². The molecule has 0 atom stereocenters. The highest BCUT2D eigenvalue weighted by atomic mass is 35.5. The maximum Gasteiger partial charge on any atom is 0.227 e. The molecule has 300 valence electrons. The molecule has 7 aromatic rings. The van der Waals surface area contributed by atoms with Crippen LogP contribution in [0.4, 0.5) is 14.7 Å². The lowest BCUT2D eigenvalue weighted by Crippen LogP contribution is -2.16. The van der Waals surface area contributed by atoms with E-state index in [-0.39, 0.29) is 40.3 Å². The van der Waals surface area contributed by atoms with Crippen molar-refractivity contribution in [1.82, 2.24) is 29.5 Å². The summed E-state index contributed by atoms with van der Waals surface area (Å²) in [5.41, 5.74) is 8.15. The molecule has 13 nitrogen and oxygen atoms in total. The molecule has 5 aromatic carbocycles. The van der Waals surface area contributed by atoms with Gasteiger partial charge in [-0.25, -0.2) is 17.2 Å². The third-order valence-corrected chi connectivity index (χ3v) is 10.6. The van der Waals surface area contributed by atoms with E-state index in [1.54, 1.807) is 97.1 Å². The molecule has 0 radical (unpaired) electrons. The fourth-order valence-corrected chi connectivity index (χ4v) is 7.49. The SMILES string of the molecule is COc1cccc(OC)c1-n1c(CS(=O)(=O)CCc2ccc(Cl)cc2)nnc1-c1ccccc1F.COc1cccc(OC)c1-n1c(N)nnc1-c1ccccc1F. The Bertz CT molecular complexity index is 2590. The molecule has 2 heterocycles. The first-order chi connectivity index (χ1) is 28.0. The van der Waals surface area contributed by atoms with E-state index in [1.807, 2.05) is 0 Å². The van der Waals surface area contributed by atoms with Crippen LogP contribution in [0.15, 0.2) is 109 Å². The number of aryl methyl sites for hydroxylation is 1. The zero-order valence-corrected chi connectivity index (χ0v) is 33.3. The summed E-state index contributed by atoms with van der Waals surface area (Å²) in [5, 5.41) is 16.8. The van der Waals surface area contributed by atoms with E-state index >= 15 is 0 Å². The molecule has 0 spiro atoms. The number of anilines is 1. The van der Waals surface area contributed by atoms with Crippen LogP contribution in [0.5, 0.6) is 23.0 Å². The number of aromatic nitrogens is 6. The number of halogens is 3. The van der Waals surface area contributed by atoms with E-state index in [2.05, 4.69) is 20.4 Å². The molecular formula is C41H38ClF2N7O6S. The third-order valence-electron chi connectivity index (χ3n) is 8.86. The largest absolute Gasteiger partial charge is 0.494 e. The Labute approximate surface area is 338 Å². The van der Waals surface area contributed by atoms with Crippen LogP contribution in [0.1, 0.15) is 11.4 Å². The molecule has 7 rings (SSSR count). The Morgan fingerprint density at radius 3 is 1.53 bits per heavy atom. The molecule has 0 unspecified atom stereocenters. The average Bonchev–Trinajstić information content (AvgIpc) is 3.82. The number of nitrogens with zero attached hydrogens (tertiary/aromatic N) is 6. The predicted molar refractivity (Wildman–Crippen MR) is 217 cm³/mol. The summed E-state index contributed by atoms with van der Waals surface area (Å²) in [6.45, 7) is 0. The van der Waals surface area contributed by atoms with E-state index in [0.717, 1.165) is 5.56 Å². The topological polar surface area (TPSA) is 158 Å². The van der Waals surface area contributed by atoms with E-state index in [0.29, 0.717) is 45.8 Å². The van der Waals surface area contributed by atoms with Gasteiger partial charge in [0, 0.05) is 5.02 Å². The highest BCUT2D eigenvalue weighted by Crippen LogP contribution is 2.38. The van der Waals surface area contributed by atoms with Gasteiger partial charge in [-0.3, -0.25) is 9.13 Å². The summed E-state index contributed by atoms with van der Waals surface area (Å²) >= 11 is 5.91. The number of methoxy groups -OCH3 is 4. The lowest BCUT2D eigenvalue weighted by atomic mass is 10.2. The van der Waals surface area contributed by atoms with Gasteiger partial charge in [0.2, 0.25) is 5.95 Å². The minimum atomic E-state index is -3.62. The van der Waals surface area contributed by atoms with Crippen molar-refractivity contribution in [2.24, 2.45) is 0 Å². The van der Waals surface area contributed by atoms with Crippen molar-refractivity contribution >= 4 is 27.4 Å². The minimum Gasteiger partial charge on any atom is -0.494 e. The first-order valence-electron chi connectivity index (χ1n) is 17.5. The quantitative estimate of drug-likeness (QED) is 0.122. The Morgan fingerprint density at radius 2 is 1.05 bits per heavy atom. The second-order valence-corrected chi connectivity index (χ2v) is 15.1. The monoisotopic (exact) mass is 829 g/mol. The van der Waals surface area contributed by atoms with Crippen LogP contribution in [-0.4, -0.2) is 72.1 Å². The number of nitrogens with two attached hydrogens (primary N) is 1. The fraction of sp³-hybridized carbons (Fsp3) is 0.171. The number of hydrogen-bond donors (Lipinski definition) is 1. The van der Waals surface area contributed by atoms with Gasteiger partial charge in [-0.2, -0.15) is 0 Å². The molecule has 17 heteroatoms. The van der Waals surface area contributed by atoms with Crippen molar-refractivity contribution < 1.29 is 36.1 Å². The maximum absolute atomic E-state index is 14.7. The maximum atomic E-state index is 14.7. The van der Waals surface area contributed by atoms with Crippen molar-refractivity contribution in [2.75, 3.05) is 39.9 Å². The van der Waals surface area contributed by atoms with Crippen LogP contribution in [0.2, 0.25) is 5.02 Å². The number of ether oxygens (including phenoxy) is 4. The number of hydrogen-bond acceptors (Lipinski definition) is 11. The van der Waals surface area contributed by atoms with Gasteiger partial charge in [0.25, 0.3) is 0 Å². The van der Waals surface area contributed by atoms with E-state index < -0.39 is 27.2 Å². The highest BCUT2D eigenvalue weighted by molar-refractivity contribution is 7.90. The number of sulfone groups is 1. The molecule has 0 aliphatic rings. The molecule has 0 bridgehead atoms. The molecule has 0 fully saturated rings. The van der Waals surface area contributed by atoms with Crippen LogP contribution in [0, 0.1) is 11.6 Å².